The first-order chi connectivity index (χ1) is 14.2. The van der Waals surface area contributed by atoms with Gasteiger partial charge in [-0.1, -0.05) is 51.1 Å². The number of para-hydroxylation sites is 1. The summed E-state index contributed by atoms with van der Waals surface area (Å²) in [4.78, 5) is 27.7. The Labute approximate surface area is 176 Å². The van der Waals surface area contributed by atoms with E-state index in [-0.39, 0.29) is 22.9 Å². The van der Waals surface area contributed by atoms with Crippen LogP contribution in [0.5, 0.6) is 0 Å². The molecule has 1 unspecified atom stereocenters. The molecule has 0 aliphatic heterocycles. The zero-order valence-electron chi connectivity index (χ0n) is 17.6. The number of carbonyl (C=O) groups excluding carboxylic acids is 1. The molecule has 1 aromatic heterocycles. The molecule has 6 heteroatoms. The van der Waals surface area contributed by atoms with Gasteiger partial charge >= 0.3 is 0 Å². The minimum atomic E-state index is -0.401. The van der Waals surface area contributed by atoms with Gasteiger partial charge in [0.1, 0.15) is 0 Å². The average molecular weight is 405 g/mol. The van der Waals surface area contributed by atoms with Crippen molar-refractivity contribution < 1.29 is 9.72 Å². The normalized spacial score (nSPS) is 12.5. The first-order valence-corrected chi connectivity index (χ1v) is 10.1. The summed E-state index contributed by atoms with van der Waals surface area (Å²) in [5.74, 6) is 0.0682. The van der Waals surface area contributed by atoms with Crippen LogP contribution in [0.2, 0.25) is 0 Å². The van der Waals surface area contributed by atoms with Crippen molar-refractivity contribution in [3.05, 3.63) is 76.5 Å². The highest BCUT2D eigenvalue weighted by atomic mass is 16.6. The Bertz CT molecular complexity index is 1030. The smallest absolute Gasteiger partial charge is 0.269 e. The van der Waals surface area contributed by atoms with E-state index in [2.05, 4.69) is 31.1 Å². The Morgan fingerprint density at radius 1 is 1.10 bits per heavy atom. The van der Waals surface area contributed by atoms with Gasteiger partial charge in [0.25, 0.3) is 5.69 Å². The molecule has 1 amide bonds. The fourth-order valence-corrected chi connectivity index (χ4v) is 3.84. The minimum absolute atomic E-state index is 0.0516. The molecule has 30 heavy (non-hydrogen) atoms. The standard InChI is InChI=1S/C24H27N3O3/c1-24(2,3)16-18(14-17-9-11-20(12-10-17)27(29)30)15-22(28)26-21-8-4-6-19-7-5-13-25-23(19)21/h4-13,18H,14-16H2,1-3H3,(H,26,28). The van der Waals surface area contributed by atoms with E-state index in [9.17, 15) is 14.9 Å². The maximum absolute atomic E-state index is 12.9. The molecule has 0 radical (unpaired) electrons. The average Bonchev–Trinajstić information content (AvgIpc) is 2.67. The predicted molar refractivity (Wildman–Crippen MR) is 119 cm³/mol. The number of rotatable bonds is 7. The lowest BCUT2D eigenvalue weighted by atomic mass is 9.80. The molecule has 1 N–H and O–H groups in total. The molecular weight excluding hydrogens is 378 g/mol. The third-order valence-corrected chi connectivity index (χ3v) is 4.95. The fraction of sp³-hybridized carbons (Fsp3) is 0.333. The molecule has 3 aromatic rings. The van der Waals surface area contributed by atoms with Crippen LogP contribution in [0.15, 0.2) is 60.8 Å². The van der Waals surface area contributed by atoms with E-state index in [1.165, 1.54) is 12.1 Å². The van der Waals surface area contributed by atoms with Crippen LogP contribution in [0.25, 0.3) is 10.9 Å². The van der Waals surface area contributed by atoms with Gasteiger partial charge in [-0.05, 0) is 41.9 Å². The summed E-state index contributed by atoms with van der Waals surface area (Å²) < 4.78 is 0. The van der Waals surface area contributed by atoms with Crippen LogP contribution in [-0.2, 0) is 11.2 Å². The number of benzene rings is 2. The first-order valence-electron chi connectivity index (χ1n) is 10.1. The summed E-state index contributed by atoms with van der Waals surface area (Å²) in [6.07, 6.45) is 3.65. The van der Waals surface area contributed by atoms with Gasteiger partial charge in [0, 0.05) is 30.1 Å². The second kappa shape index (κ2) is 9.03. The summed E-state index contributed by atoms with van der Waals surface area (Å²) in [6.45, 7) is 6.47. The van der Waals surface area contributed by atoms with Crippen molar-refractivity contribution in [2.75, 3.05) is 5.32 Å². The summed E-state index contributed by atoms with van der Waals surface area (Å²) >= 11 is 0. The highest BCUT2D eigenvalue weighted by molar-refractivity contribution is 6.00. The van der Waals surface area contributed by atoms with Crippen molar-refractivity contribution in [1.82, 2.24) is 4.98 Å². The Morgan fingerprint density at radius 2 is 1.80 bits per heavy atom. The van der Waals surface area contributed by atoms with E-state index in [1.54, 1.807) is 18.3 Å². The molecule has 0 bridgehead atoms. The van der Waals surface area contributed by atoms with Gasteiger partial charge in [-0.2, -0.15) is 0 Å². The highest BCUT2D eigenvalue weighted by Gasteiger charge is 2.22. The van der Waals surface area contributed by atoms with Gasteiger partial charge in [-0.15, -0.1) is 0 Å². The van der Waals surface area contributed by atoms with Crippen LogP contribution in [0.3, 0.4) is 0 Å². The predicted octanol–water partition coefficient (Wildman–Crippen LogP) is 5.77. The first kappa shape index (κ1) is 21.4. The molecule has 0 saturated carbocycles. The number of hydrogen-bond donors (Lipinski definition) is 1. The number of carbonyl (C=O) groups is 1. The molecule has 2 aromatic carbocycles. The summed E-state index contributed by atoms with van der Waals surface area (Å²) in [7, 11) is 0. The molecule has 1 atom stereocenters. The van der Waals surface area contributed by atoms with Gasteiger partial charge in [-0.3, -0.25) is 19.9 Å². The van der Waals surface area contributed by atoms with Gasteiger partial charge in [0.05, 0.1) is 16.1 Å². The third kappa shape index (κ3) is 5.86. The molecule has 6 nitrogen and oxygen atoms in total. The summed E-state index contributed by atoms with van der Waals surface area (Å²) in [6, 6.07) is 16.2. The number of nitro benzene ring substituents is 1. The van der Waals surface area contributed by atoms with Crippen molar-refractivity contribution in [3.63, 3.8) is 0 Å². The monoisotopic (exact) mass is 405 g/mol. The topological polar surface area (TPSA) is 85.1 Å². The van der Waals surface area contributed by atoms with E-state index in [0.29, 0.717) is 18.5 Å². The molecule has 3 rings (SSSR count). The second-order valence-electron chi connectivity index (χ2n) is 8.89. The highest BCUT2D eigenvalue weighted by Crippen LogP contribution is 2.30. The molecule has 0 saturated heterocycles. The van der Waals surface area contributed by atoms with Crippen LogP contribution in [-0.4, -0.2) is 15.8 Å². The van der Waals surface area contributed by atoms with Crippen molar-refractivity contribution in [1.29, 1.82) is 0 Å². The van der Waals surface area contributed by atoms with E-state index < -0.39 is 4.92 Å². The molecular formula is C24H27N3O3. The van der Waals surface area contributed by atoms with Gasteiger partial charge < -0.3 is 5.32 Å². The maximum Gasteiger partial charge on any atom is 0.269 e. The maximum atomic E-state index is 12.9. The van der Waals surface area contributed by atoms with E-state index in [4.69, 9.17) is 0 Å². The lowest BCUT2D eigenvalue weighted by molar-refractivity contribution is -0.384. The summed E-state index contributed by atoms with van der Waals surface area (Å²) in [5, 5.41) is 14.9. The Morgan fingerprint density at radius 3 is 2.47 bits per heavy atom. The zero-order valence-corrected chi connectivity index (χ0v) is 17.6. The zero-order chi connectivity index (χ0) is 21.7. The second-order valence-corrected chi connectivity index (χ2v) is 8.89. The third-order valence-electron chi connectivity index (χ3n) is 4.95. The van der Waals surface area contributed by atoms with Crippen molar-refractivity contribution >= 4 is 28.2 Å². The number of aromatic nitrogens is 1. The lowest BCUT2D eigenvalue weighted by Gasteiger charge is -2.26. The van der Waals surface area contributed by atoms with Crippen molar-refractivity contribution in [3.8, 4) is 0 Å². The molecule has 0 aliphatic rings. The molecule has 156 valence electrons. The molecule has 0 aliphatic carbocycles. The van der Waals surface area contributed by atoms with Crippen LogP contribution in [0, 0.1) is 21.4 Å². The van der Waals surface area contributed by atoms with E-state index in [0.717, 1.165) is 22.9 Å². The van der Waals surface area contributed by atoms with Gasteiger partial charge in [0.15, 0.2) is 0 Å². The molecule has 0 fully saturated rings. The van der Waals surface area contributed by atoms with Gasteiger partial charge in [-0.25, -0.2) is 0 Å². The number of pyridine rings is 1. The number of nitro groups is 1. The van der Waals surface area contributed by atoms with Crippen LogP contribution in [0.1, 0.15) is 39.2 Å². The Hall–Kier alpha value is -3.28. The number of amides is 1. The largest absolute Gasteiger partial charge is 0.324 e. The van der Waals surface area contributed by atoms with E-state index >= 15 is 0 Å². The fourth-order valence-electron chi connectivity index (χ4n) is 3.84. The number of anilines is 1. The van der Waals surface area contributed by atoms with Crippen molar-refractivity contribution in [2.45, 2.75) is 40.0 Å². The number of hydrogen-bond acceptors (Lipinski definition) is 4. The number of non-ortho nitro benzene ring substituents is 1. The number of nitrogens with zero attached hydrogens (tertiary/aromatic N) is 2. The number of fused-ring (bicyclic) bond motifs is 1. The Balaban J connectivity index is 1.73. The Kier molecular flexibility index (Phi) is 6.45. The molecule has 1 heterocycles. The van der Waals surface area contributed by atoms with Crippen LogP contribution >= 0.6 is 0 Å². The van der Waals surface area contributed by atoms with Crippen LogP contribution in [0.4, 0.5) is 11.4 Å². The van der Waals surface area contributed by atoms with Gasteiger partial charge in [0.2, 0.25) is 5.91 Å². The quantitative estimate of drug-likeness (QED) is 0.400. The molecule has 0 spiro atoms. The van der Waals surface area contributed by atoms with E-state index in [1.807, 2.05) is 30.3 Å². The lowest BCUT2D eigenvalue weighted by Crippen LogP contribution is -2.22. The van der Waals surface area contributed by atoms with Crippen LogP contribution < -0.4 is 5.32 Å². The number of nitrogens with one attached hydrogen (secondary N) is 1. The SMILES string of the molecule is CC(C)(C)CC(CC(=O)Nc1cccc2cccnc12)Cc1ccc([N+](=O)[O-])cc1. The van der Waals surface area contributed by atoms with Crippen molar-refractivity contribution in [2.24, 2.45) is 11.3 Å². The summed E-state index contributed by atoms with van der Waals surface area (Å²) in [5.41, 5.74) is 2.62. The minimum Gasteiger partial charge on any atom is -0.324 e.